The minimum Gasteiger partial charge on any atom is -0.497 e. The van der Waals surface area contributed by atoms with Gasteiger partial charge in [0.05, 0.1) is 19.1 Å². The average Bonchev–Trinajstić information content (AvgIpc) is 2.78. The Labute approximate surface area is 194 Å². The number of sulfonamides is 1. The summed E-state index contributed by atoms with van der Waals surface area (Å²) in [7, 11) is -2.36. The third-order valence-corrected chi connectivity index (χ3v) is 6.14. The first-order valence-electron chi connectivity index (χ1n) is 10.5. The van der Waals surface area contributed by atoms with Crippen molar-refractivity contribution in [2.75, 3.05) is 30.8 Å². The summed E-state index contributed by atoms with van der Waals surface area (Å²) < 4.78 is 44.5. The summed E-state index contributed by atoms with van der Waals surface area (Å²) >= 11 is 0. The molecule has 2 aromatic carbocycles. The molecule has 0 radical (unpaired) electrons. The van der Waals surface area contributed by atoms with Gasteiger partial charge in [0.1, 0.15) is 24.2 Å². The van der Waals surface area contributed by atoms with Gasteiger partial charge in [-0.1, -0.05) is 25.1 Å². The van der Waals surface area contributed by atoms with Crippen LogP contribution in [0.2, 0.25) is 0 Å². The molecule has 2 amide bonds. The number of amides is 2. The highest BCUT2D eigenvalue weighted by Gasteiger charge is 2.30. The van der Waals surface area contributed by atoms with E-state index in [1.54, 1.807) is 31.2 Å². The Balaban J connectivity index is 2.36. The van der Waals surface area contributed by atoms with Gasteiger partial charge in [0, 0.05) is 13.1 Å². The highest BCUT2D eigenvalue weighted by molar-refractivity contribution is 7.92. The Morgan fingerprint density at radius 2 is 1.82 bits per heavy atom. The zero-order valence-electron chi connectivity index (χ0n) is 19.2. The largest absolute Gasteiger partial charge is 0.497 e. The fourth-order valence-corrected chi connectivity index (χ4v) is 3.99. The summed E-state index contributed by atoms with van der Waals surface area (Å²) in [5, 5.41) is 2.76. The molecule has 0 saturated heterocycles. The molecule has 2 aromatic rings. The Bertz CT molecular complexity index is 1060. The first kappa shape index (κ1) is 26.1. The normalized spacial score (nSPS) is 12.0. The number of carbonyl (C=O) groups excluding carboxylic acids is 2. The van der Waals surface area contributed by atoms with Crippen LogP contribution in [0.15, 0.2) is 48.5 Å². The van der Waals surface area contributed by atoms with Crippen molar-refractivity contribution >= 4 is 27.5 Å². The third-order valence-electron chi connectivity index (χ3n) is 5.00. The van der Waals surface area contributed by atoms with E-state index in [9.17, 15) is 22.4 Å². The van der Waals surface area contributed by atoms with Crippen molar-refractivity contribution in [1.29, 1.82) is 0 Å². The molecular weight excluding hydrogens is 449 g/mol. The van der Waals surface area contributed by atoms with Crippen molar-refractivity contribution in [3.63, 3.8) is 0 Å². The molecule has 1 atom stereocenters. The highest BCUT2D eigenvalue weighted by atomic mass is 32.2. The van der Waals surface area contributed by atoms with Gasteiger partial charge < -0.3 is 15.0 Å². The molecule has 10 heteroatoms. The van der Waals surface area contributed by atoms with E-state index in [4.69, 9.17) is 4.74 Å². The second-order valence-electron chi connectivity index (χ2n) is 7.59. The highest BCUT2D eigenvalue weighted by Crippen LogP contribution is 2.20. The van der Waals surface area contributed by atoms with E-state index in [0.29, 0.717) is 12.3 Å². The Kier molecular flexibility index (Phi) is 9.22. The lowest BCUT2D eigenvalue weighted by molar-refractivity contribution is -0.139. The Morgan fingerprint density at radius 1 is 1.15 bits per heavy atom. The van der Waals surface area contributed by atoms with Gasteiger partial charge in [-0.15, -0.1) is 0 Å². The first-order valence-corrected chi connectivity index (χ1v) is 12.3. The number of hydrogen-bond acceptors (Lipinski definition) is 5. The van der Waals surface area contributed by atoms with Crippen LogP contribution in [0.1, 0.15) is 25.8 Å². The smallest absolute Gasteiger partial charge is 0.244 e. The van der Waals surface area contributed by atoms with E-state index in [-0.39, 0.29) is 18.1 Å². The van der Waals surface area contributed by atoms with Gasteiger partial charge in [-0.05, 0) is 49.2 Å². The van der Waals surface area contributed by atoms with Crippen molar-refractivity contribution in [2.24, 2.45) is 0 Å². The Morgan fingerprint density at radius 3 is 2.36 bits per heavy atom. The molecule has 1 N–H and O–H groups in total. The molecule has 0 aliphatic rings. The van der Waals surface area contributed by atoms with E-state index in [0.717, 1.165) is 28.6 Å². The van der Waals surface area contributed by atoms with Crippen LogP contribution in [0.25, 0.3) is 0 Å². The SMILES string of the molecule is CCCNC(=O)[C@@H](C)N(Cc1ccc(OC)cc1)C(=O)CN(c1cccc(F)c1)S(C)(=O)=O. The fraction of sp³-hybridized carbons (Fsp3) is 0.391. The molecule has 2 rings (SSSR count). The maximum absolute atomic E-state index is 13.7. The number of nitrogens with zero attached hydrogens (tertiary/aromatic N) is 2. The molecule has 0 aromatic heterocycles. The van der Waals surface area contributed by atoms with Crippen LogP contribution in [0.3, 0.4) is 0 Å². The van der Waals surface area contributed by atoms with Gasteiger partial charge in [0.15, 0.2) is 0 Å². The van der Waals surface area contributed by atoms with Crippen LogP contribution in [0, 0.1) is 5.82 Å². The monoisotopic (exact) mass is 479 g/mol. The molecule has 0 aliphatic carbocycles. The van der Waals surface area contributed by atoms with Crippen molar-refractivity contribution < 1.29 is 27.1 Å². The van der Waals surface area contributed by atoms with Crippen LogP contribution in [-0.4, -0.2) is 57.6 Å². The van der Waals surface area contributed by atoms with Crippen LogP contribution >= 0.6 is 0 Å². The average molecular weight is 480 g/mol. The second-order valence-corrected chi connectivity index (χ2v) is 9.49. The van der Waals surface area contributed by atoms with Crippen LogP contribution in [0.4, 0.5) is 10.1 Å². The first-order chi connectivity index (χ1) is 15.6. The Hall–Kier alpha value is -3.14. The number of benzene rings is 2. The fourth-order valence-electron chi connectivity index (χ4n) is 3.15. The van der Waals surface area contributed by atoms with Gasteiger partial charge in [0.2, 0.25) is 21.8 Å². The molecule has 0 heterocycles. The molecule has 0 aliphatic heterocycles. The van der Waals surface area contributed by atoms with E-state index >= 15 is 0 Å². The van der Waals surface area contributed by atoms with Gasteiger partial charge >= 0.3 is 0 Å². The van der Waals surface area contributed by atoms with Crippen molar-refractivity contribution in [3.05, 3.63) is 59.9 Å². The molecule has 33 heavy (non-hydrogen) atoms. The van der Waals surface area contributed by atoms with Crippen LogP contribution in [0.5, 0.6) is 5.75 Å². The minimum atomic E-state index is -3.90. The van der Waals surface area contributed by atoms with Gasteiger partial charge in [-0.25, -0.2) is 12.8 Å². The number of carbonyl (C=O) groups is 2. The third kappa shape index (κ3) is 7.45. The number of anilines is 1. The van der Waals surface area contributed by atoms with E-state index in [2.05, 4.69) is 5.32 Å². The zero-order valence-corrected chi connectivity index (χ0v) is 20.1. The van der Waals surface area contributed by atoms with E-state index < -0.39 is 34.3 Å². The van der Waals surface area contributed by atoms with E-state index in [1.807, 2.05) is 6.92 Å². The lowest BCUT2D eigenvalue weighted by Crippen LogP contribution is -2.51. The molecule has 0 saturated carbocycles. The lowest BCUT2D eigenvalue weighted by atomic mass is 10.1. The summed E-state index contributed by atoms with van der Waals surface area (Å²) in [6, 6.07) is 11.1. The summed E-state index contributed by atoms with van der Waals surface area (Å²) in [5.74, 6) is -0.939. The molecular formula is C23H30FN3O5S. The number of hydrogen-bond donors (Lipinski definition) is 1. The summed E-state index contributed by atoms with van der Waals surface area (Å²) in [5.41, 5.74) is 0.759. The summed E-state index contributed by atoms with van der Waals surface area (Å²) in [6.07, 6.45) is 1.67. The van der Waals surface area contributed by atoms with Gasteiger partial charge in [-0.2, -0.15) is 0 Å². The maximum atomic E-state index is 13.7. The predicted molar refractivity (Wildman–Crippen MR) is 125 cm³/mol. The van der Waals surface area contributed by atoms with Crippen molar-refractivity contribution in [2.45, 2.75) is 32.9 Å². The molecule has 0 spiro atoms. The van der Waals surface area contributed by atoms with Gasteiger partial charge in [0.25, 0.3) is 0 Å². The molecule has 0 unspecified atom stereocenters. The summed E-state index contributed by atoms with van der Waals surface area (Å²) in [6.45, 7) is 3.44. The molecule has 180 valence electrons. The molecule has 0 bridgehead atoms. The van der Waals surface area contributed by atoms with Crippen LogP contribution < -0.4 is 14.4 Å². The zero-order chi connectivity index (χ0) is 24.6. The lowest BCUT2D eigenvalue weighted by Gasteiger charge is -2.31. The molecule has 0 fully saturated rings. The van der Waals surface area contributed by atoms with Gasteiger partial charge in [-0.3, -0.25) is 13.9 Å². The van der Waals surface area contributed by atoms with Crippen molar-refractivity contribution in [1.82, 2.24) is 10.2 Å². The number of halogens is 1. The quantitative estimate of drug-likeness (QED) is 0.534. The second kappa shape index (κ2) is 11.6. The number of nitrogens with one attached hydrogen (secondary N) is 1. The predicted octanol–water partition coefficient (Wildman–Crippen LogP) is 2.54. The van der Waals surface area contributed by atoms with Crippen molar-refractivity contribution in [3.8, 4) is 5.75 Å². The standard InChI is InChI=1S/C23H30FN3O5S/c1-5-13-25-23(29)17(2)26(15-18-9-11-21(32-3)12-10-18)22(28)16-27(33(4,30)31)20-8-6-7-19(24)14-20/h6-12,14,17H,5,13,15-16H2,1-4H3,(H,25,29)/t17-/m1/s1. The number of ether oxygens (including phenoxy) is 1. The maximum Gasteiger partial charge on any atom is 0.244 e. The minimum absolute atomic E-state index is 0.0262. The van der Waals surface area contributed by atoms with Crippen LogP contribution in [-0.2, 0) is 26.2 Å². The summed E-state index contributed by atoms with van der Waals surface area (Å²) in [4.78, 5) is 27.3. The van der Waals surface area contributed by atoms with E-state index in [1.165, 1.54) is 30.2 Å². The molecule has 8 nitrogen and oxygen atoms in total. The number of methoxy groups -OCH3 is 1. The number of rotatable bonds is 11. The topological polar surface area (TPSA) is 96.0 Å².